The smallest absolute Gasteiger partial charge is 0.273 e. The van der Waals surface area contributed by atoms with Crippen LogP contribution >= 0.6 is 15.9 Å². The van der Waals surface area contributed by atoms with Crippen molar-refractivity contribution in [3.8, 4) is 11.5 Å². The lowest BCUT2D eigenvalue weighted by Crippen LogP contribution is -2.18. The standard InChI is InChI=1S/C9H10BrN5O2S/c1-2-15-8(7-4-3-6(10)5-12-7)13-14-9(15)18(11,16)17/h3-5H,2H2,1H3,(H2,11,16,17). The van der Waals surface area contributed by atoms with Crippen LogP contribution < -0.4 is 5.14 Å². The van der Waals surface area contributed by atoms with Crippen LogP contribution in [-0.2, 0) is 16.6 Å². The number of nitrogens with zero attached hydrogens (tertiary/aromatic N) is 4. The van der Waals surface area contributed by atoms with Crippen molar-refractivity contribution in [3.05, 3.63) is 22.8 Å². The predicted molar refractivity (Wildman–Crippen MR) is 68.0 cm³/mol. The summed E-state index contributed by atoms with van der Waals surface area (Å²) in [5, 5.41) is 12.2. The molecule has 2 heterocycles. The van der Waals surface area contributed by atoms with Gasteiger partial charge >= 0.3 is 0 Å². The van der Waals surface area contributed by atoms with E-state index in [4.69, 9.17) is 5.14 Å². The maximum absolute atomic E-state index is 11.3. The van der Waals surface area contributed by atoms with Crippen LogP contribution in [0.4, 0.5) is 0 Å². The Kier molecular flexibility index (Phi) is 3.46. The second-order valence-electron chi connectivity index (χ2n) is 3.46. The number of aromatic nitrogens is 4. The Morgan fingerprint density at radius 3 is 2.61 bits per heavy atom. The van der Waals surface area contributed by atoms with Crippen LogP contribution in [0.25, 0.3) is 11.5 Å². The Morgan fingerprint density at radius 1 is 1.39 bits per heavy atom. The molecule has 0 atom stereocenters. The van der Waals surface area contributed by atoms with E-state index in [0.717, 1.165) is 4.47 Å². The van der Waals surface area contributed by atoms with Crippen molar-refractivity contribution < 1.29 is 8.42 Å². The van der Waals surface area contributed by atoms with E-state index < -0.39 is 10.0 Å². The van der Waals surface area contributed by atoms with Gasteiger partial charge in [0.05, 0.1) is 0 Å². The van der Waals surface area contributed by atoms with E-state index in [2.05, 4.69) is 31.1 Å². The zero-order valence-corrected chi connectivity index (χ0v) is 11.8. The zero-order valence-electron chi connectivity index (χ0n) is 9.41. The highest BCUT2D eigenvalue weighted by Crippen LogP contribution is 2.19. The molecular weight excluding hydrogens is 322 g/mol. The molecule has 0 spiro atoms. The van der Waals surface area contributed by atoms with Gasteiger partial charge in [-0.2, -0.15) is 0 Å². The van der Waals surface area contributed by atoms with Gasteiger partial charge < -0.3 is 0 Å². The minimum absolute atomic E-state index is 0.260. The molecule has 2 rings (SSSR count). The molecule has 0 unspecified atom stereocenters. The van der Waals surface area contributed by atoms with Crippen molar-refractivity contribution in [1.82, 2.24) is 19.7 Å². The summed E-state index contributed by atoms with van der Waals surface area (Å²) in [5.74, 6) is 0.369. The summed E-state index contributed by atoms with van der Waals surface area (Å²) in [5.41, 5.74) is 0.530. The predicted octanol–water partition coefficient (Wildman–Crippen LogP) is 0.770. The van der Waals surface area contributed by atoms with Crippen LogP contribution in [0.3, 0.4) is 0 Å². The number of primary sulfonamides is 1. The SMILES string of the molecule is CCn1c(-c2ccc(Br)cn2)nnc1S(N)(=O)=O. The topological polar surface area (TPSA) is 104 Å². The molecule has 7 nitrogen and oxygen atoms in total. The van der Waals surface area contributed by atoms with Crippen LogP contribution in [0.2, 0.25) is 0 Å². The fourth-order valence-electron chi connectivity index (χ4n) is 1.48. The average molecular weight is 332 g/mol. The van der Waals surface area contributed by atoms with E-state index in [1.54, 1.807) is 25.3 Å². The second-order valence-corrected chi connectivity index (χ2v) is 5.83. The van der Waals surface area contributed by atoms with Gasteiger partial charge in [0.25, 0.3) is 15.2 Å². The first-order chi connectivity index (χ1) is 8.43. The van der Waals surface area contributed by atoms with Crippen molar-refractivity contribution in [2.45, 2.75) is 18.6 Å². The van der Waals surface area contributed by atoms with Gasteiger partial charge in [-0.05, 0) is 35.0 Å². The van der Waals surface area contributed by atoms with Crippen molar-refractivity contribution in [2.75, 3.05) is 0 Å². The summed E-state index contributed by atoms with van der Waals surface area (Å²) in [6.07, 6.45) is 1.60. The molecule has 2 N–H and O–H groups in total. The number of hydrogen-bond donors (Lipinski definition) is 1. The largest absolute Gasteiger partial charge is 0.296 e. The molecule has 0 fully saturated rings. The molecule has 0 aliphatic heterocycles. The number of rotatable bonds is 3. The molecule has 0 amide bonds. The van der Waals surface area contributed by atoms with E-state index in [1.807, 2.05) is 0 Å². The molecule has 0 aliphatic rings. The Bertz CT molecular complexity index is 665. The maximum atomic E-state index is 11.3. The molecule has 0 saturated heterocycles. The number of nitrogens with two attached hydrogens (primary N) is 1. The fourth-order valence-corrected chi connectivity index (χ4v) is 2.39. The van der Waals surface area contributed by atoms with Crippen LogP contribution in [0.5, 0.6) is 0 Å². The van der Waals surface area contributed by atoms with Crippen molar-refractivity contribution in [1.29, 1.82) is 0 Å². The molecule has 9 heteroatoms. The third-order valence-corrected chi connectivity index (χ3v) is 3.52. The summed E-state index contributed by atoms with van der Waals surface area (Å²) < 4.78 is 24.9. The summed E-state index contributed by atoms with van der Waals surface area (Å²) >= 11 is 3.27. The molecule has 96 valence electrons. The molecule has 18 heavy (non-hydrogen) atoms. The molecule has 2 aromatic rings. The van der Waals surface area contributed by atoms with E-state index in [9.17, 15) is 8.42 Å². The van der Waals surface area contributed by atoms with Crippen LogP contribution in [0, 0.1) is 0 Å². The number of hydrogen-bond acceptors (Lipinski definition) is 5. The quantitative estimate of drug-likeness (QED) is 0.894. The Morgan fingerprint density at radius 2 is 2.11 bits per heavy atom. The lowest BCUT2D eigenvalue weighted by Gasteiger charge is -2.05. The fraction of sp³-hybridized carbons (Fsp3) is 0.222. The summed E-state index contributed by atoms with van der Waals surface area (Å²) in [4.78, 5) is 4.15. The van der Waals surface area contributed by atoms with E-state index in [1.165, 1.54) is 4.57 Å². The zero-order chi connectivity index (χ0) is 13.3. The highest BCUT2D eigenvalue weighted by Gasteiger charge is 2.21. The highest BCUT2D eigenvalue weighted by molar-refractivity contribution is 9.10. The van der Waals surface area contributed by atoms with Crippen LogP contribution in [-0.4, -0.2) is 28.2 Å². The van der Waals surface area contributed by atoms with E-state index in [-0.39, 0.29) is 5.16 Å². The first kappa shape index (κ1) is 13.1. The molecule has 0 bridgehead atoms. The van der Waals surface area contributed by atoms with Gasteiger partial charge in [-0.3, -0.25) is 9.55 Å². The Balaban J connectivity index is 2.59. The molecule has 0 aromatic carbocycles. The third kappa shape index (κ3) is 2.42. The summed E-state index contributed by atoms with van der Waals surface area (Å²) in [7, 11) is -3.89. The Hall–Kier alpha value is -1.32. The van der Waals surface area contributed by atoms with Gasteiger partial charge in [-0.25, -0.2) is 13.6 Å². The minimum Gasteiger partial charge on any atom is -0.296 e. The molecular formula is C9H10BrN5O2S. The monoisotopic (exact) mass is 331 g/mol. The van der Waals surface area contributed by atoms with E-state index in [0.29, 0.717) is 18.1 Å². The highest BCUT2D eigenvalue weighted by atomic mass is 79.9. The van der Waals surface area contributed by atoms with Gasteiger partial charge in [0.2, 0.25) is 0 Å². The van der Waals surface area contributed by atoms with Gasteiger partial charge in [0, 0.05) is 17.2 Å². The lowest BCUT2D eigenvalue weighted by molar-refractivity contribution is 0.570. The van der Waals surface area contributed by atoms with Crippen molar-refractivity contribution in [2.24, 2.45) is 5.14 Å². The average Bonchev–Trinajstić information content (AvgIpc) is 2.73. The normalized spacial score (nSPS) is 11.7. The van der Waals surface area contributed by atoms with Crippen molar-refractivity contribution in [3.63, 3.8) is 0 Å². The number of sulfonamides is 1. The van der Waals surface area contributed by atoms with Gasteiger partial charge in [-0.1, -0.05) is 0 Å². The third-order valence-electron chi connectivity index (χ3n) is 2.24. The van der Waals surface area contributed by atoms with Gasteiger partial charge in [0.15, 0.2) is 5.82 Å². The first-order valence-electron chi connectivity index (χ1n) is 5.01. The van der Waals surface area contributed by atoms with Crippen LogP contribution in [0.15, 0.2) is 28.0 Å². The Labute approximate surface area is 112 Å². The van der Waals surface area contributed by atoms with Gasteiger partial charge in [-0.15, -0.1) is 10.2 Å². The second kappa shape index (κ2) is 4.75. The number of pyridine rings is 1. The summed E-state index contributed by atoms with van der Waals surface area (Å²) in [6.45, 7) is 2.16. The van der Waals surface area contributed by atoms with E-state index >= 15 is 0 Å². The summed E-state index contributed by atoms with van der Waals surface area (Å²) in [6, 6.07) is 3.50. The molecule has 2 aromatic heterocycles. The maximum Gasteiger partial charge on any atom is 0.273 e. The lowest BCUT2D eigenvalue weighted by atomic mass is 10.3. The van der Waals surface area contributed by atoms with Gasteiger partial charge in [0.1, 0.15) is 5.69 Å². The van der Waals surface area contributed by atoms with Crippen LogP contribution in [0.1, 0.15) is 6.92 Å². The molecule has 0 saturated carbocycles. The van der Waals surface area contributed by atoms with Crippen molar-refractivity contribution >= 4 is 26.0 Å². The first-order valence-corrected chi connectivity index (χ1v) is 7.35. The molecule has 0 aliphatic carbocycles. The number of halogens is 1. The minimum atomic E-state index is -3.89. The molecule has 0 radical (unpaired) electrons.